The highest BCUT2D eigenvalue weighted by atomic mass is 16.5. The summed E-state index contributed by atoms with van der Waals surface area (Å²) in [6.45, 7) is 4.66. The highest BCUT2D eigenvalue weighted by Gasteiger charge is 2.21. The lowest BCUT2D eigenvalue weighted by Crippen LogP contribution is -2.05. The van der Waals surface area contributed by atoms with Crippen LogP contribution in [0.2, 0.25) is 0 Å². The van der Waals surface area contributed by atoms with Crippen LogP contribution in [0.1, 0.15) is 36.6 Å². The Labute approximate surface area is 125 Å². The molecule has 2 atom stereocenters. The van der Waals surface area contributed by atoms with Crippen LogP contribution in [-0.2, 0) is 6.42 Å². The first-order valence-corrected chi connectivity index (χ1v) is 7.37. The zero-order chi connectivity index (χ0) is 14.8. The average Bonchev–Trinajstić information content (AvgIpc) is 2.86. The molecule has 0 amide bonds. The second-order valence-electron chi connectivity index (χ2n) is 5.40. The van der Waals surface area contributed by atoms with E-state index >= 15 is 0 Å². The molecule has 110 valence electrons. The summed E-state index contributed by atoms with van der Waals surface area (Å²) in [6, 6.07) is 13.5. The predicted molar refractivity (Wildman–Crippen MR) is 81.9 cm³/mol. The summed E-state index contributed by atoms with van der Waals surface area (Å²) in [4.78, 5) is 0. The summed E-state index contributed by atoms with van der Waals surface area (Å²) >= 11 is 0. The molecule has 1 heterocycles. The molecule has 3 nitrogen and oxygen atoms in total. The van der Waals surface area contributed by atoms with Gasteiger partial charge in [-0.2, -0.15) is 0 Å². The maximum absolute atomic E-state index is 10.5. The molecule has 0 saturated heterocycles. The van der Waals surface area contributed by atoms with Crippen molar-refractivity contribution in [3.8, 4) is 11.5 Å². The highest BCUT2D eigenvalue weighted by molar-refractivity contribution is 5.43. The van der Waals surface area contributed by atoms with Gasteiger partial charge in [-0.15, -0.1) is 0 Å². The van der Waals surface area contributed by atoms with Crippen molar-refractivity contribution >= 4 is 0 Å². The molecule has 1 N–H and O–H groups in total. The summed E-state index contributed by atoms with van der Waals surface area (Å²) < 4.78 is 11.1. The lowest BCUT2D eigenvalue weighted by Gasteiger charge is -2.13. The normalized spacial score (nSPS) is 18.0. The van der Waals surface area contributed by atoms with Gasteiger partial charge < -0.3 is 14.6 Å². The van der Waals surface area contributed by atoms with Crippen molar-refractivity contribution in [1.82, 2.24) is 0 Å². The van der Waals surface area contributed by atoms with Crippen LogP contribution in [0.3, 0.4) is 0 Å². The minimum Gasteiger partial charge on any atom is -0.494 e. The molecule has 0 bridgehead atoms. The fourth-order valence-electron chi connectivity index (χ4n) is 2.72. The fraction of sp³-hybridized carbons (Fsp3) is 0.333. The second-order valence-corrected chi connectivity index (χ2v) is 5.40. The van der Waals surface area contributed by atoms with E-state index in [9.17, 15) is 5.11 Å². The molecule has 0 aromatic heterocycles. The molecule has 2 aromatic rings. The summed E-state index contributed by atoms with van der Waals surface area (Å²) in [5, 5.41) is 10.5. The lowest BCUT2D eigenvalue weighted by molar-refractivity contribution is 0.220. The fourth-order valence-corrected chi connectivity index (χ4v) is 2.72. The number of rotatable bonds is 4. The van der Waals surface area contributed by atoms with Gasteiger partial charge in [-0.25, -0.2) is 0 Å². The Morgan fingerprint density at radius 2 is 1.90 bits per heavy atom. The molecule has 2 aromatic carbocycles. The van der Waals surface area contributed by atoms with Crippen LogP contribution in [0.15, 0.2) is 42.5 Å². The Kier molecular flexibility index (Phi) is 3.84. The van der Waals surface area contributed by atoms with Gasteiger partial charge in [0.2, 0.25) is 0 Å². The predicted octanol–water partition coefficient (Wildman–Crippen LogP) is 3.49. The van der Waals surface area contributed by atoms with Crippen LogP contribution in [0, 0.1) is 0 Å². The van der Waals surface area contributed by atoms with Crippen molar-refractivity contribution in [1.29, 1.82) is 0 Å². The molecular formula is C18H20O3. The zero-order valence-electron chi connectivity index (χ0n) is 12.4. The molecule has 1 aliphatic heterocycles. The third-order valence-electron chi connectivity index (χ3n) is 3.74. The SMILES string of the molecule is CCOc1ccc(C(O)c2ccc3c(c2)CC(C)O3)cc1. The molecule has 0 radical (unpaired) electrons. The van der Waals surface area contributed by atoms with Gasteiger partial charge >= 0.3 is 0 Å². The number of aliphatic hydroxyl groups is 1. The van der Waals surface area contributed by atoms with E-state index in [-0.39, 0.29) is 6.10 Å². The summed E-state index contributed by atoms with van der Waals surface area (Å²) in [7, 11) is 0. The van der Waals surface area contributed by atoms with Gasteiger partial charge in [-0.05, 0) is 54.8 Å². The van der Waals surface area contributed by atoms with Crippen LogP contribution in [0.4, 0.5) is 0 Å². The zero-order valence-corrected chi connectivity index (χ0v) is 12.4. The summed E-state index contributed by atoms with van der Waals surface area (Å²) in [6.07, 6.45) is 0.499. The summed E-state index contributed by atoms with van der Waals surface area (Å²) in [5.41, 5.74) is 2.94. The van der Waals surface area contributed by atoms with E-state index in [1.807, 2.05) is 49.4 Å². The maximum atomic E-state index is 10.5. The lowest BCUT2D eigenvalue weighted by atomic mass is 9.98. The first-order chi connectivity index (χ1) is 10.2. The Morgan fingerprint density at radius 3 is 2.62 bits per heavy atom. The number of hydrogen-bond acceptors (Lipinski definition) is 3. The van der Waals surface area contributed by atoms with Crippen molar-refractivity contribution in [3.63, 3.8) is 0 Å². The Hall–Kier alpha value is -2.00. The number of benzene rings is 2. The molecular weight excluding hydrogens is 264 g/mol. The van der Waals surface area contributed by atoms with Gasteiger partial charge in [0.05, 0.1) is 6.61 Å². The van der Waals surface area contributed by atoms with Crippen molar-refractivity contribution in [2.45, 2.75) is 32.5 Å². The van der Waals surface area contributed by atoms with Crippen LogP contribution in [0.5, 0.6) is 11.5 Å². The van der Waals surface area contributed by atoms with Crippen LogP contribution in [-0.4, -0.2) is 17.8 Å². The monoisotopic (exact) mass is 284 g/mol. The molecule has 2 unspecified atom stereocenters. The second kappa shape index (κ2) is 5.78. The topological polar surface area (TPSA) is 38.7 Å². The van der Waals surface area contributed by atoms with E-state index < -0.39 is 6.10 Å². The van der Waals surface area contributed by atoms with Crippen LogP contribution < -0.4 is 9.47 Å². The molecule has 0 fully saturated rings. The van der Waals surface area contributed by atoms with E-state index in [2.05, 4.69) is 6.92 Å². The van der Waals surface area contributed by atoms with Crippen molar-refractivity contribution in [2.75, 3.05) is 6.61 Å². The van der Waals surface area contributed by atoms with Crippen molar-refractivity contribution in [2.24, 2.45) is 0 Å². The van der Waals surface area contributed by atoms with Crippen molar-refractivity contribution < 1.29 is 14.6 Å². The van der Waals surface area contributed by atoms with Gasteiger partial charge in [0.15, 0.2) is 0 Å². The average molecular weight is 284 g/mol. The molecule has 3 rings (SSSR count). The number of aliphatic hydroxyl groups excluding tert-OH is 1. The Balaban J connectivity index is 1.82. The van der Waals surface area contributed by atoms with Gasteiger partial charge in [0, 0.05) is 6.42 Å². The Morgan fingerprint density at radius 1 is 1.19 bits per heavy atom. The molecule has 0 saturated carbocycles. The van der Waals surface area contributed by atoms with E-state index in [0.29, 0.717) is 6.61 Å². The standard InChI is InChI=1S/C18H20O3/c1-3-20-16-7-4-13(5-8-16)18(19)14-6-9-17-15(11-14)10-12(2)21-17/h4-9,11-12,18-19H,3,10H2,1-2H3. The summed E-state index contributed by atoms with van der Waals surface area (Å²) in [5.74, 6) is 1.76. The minimum atomic E-state index is -0.623. The molecule has 21 heavy (non-hydrogen) atoms. The first-order valence-electron chi connectivity index (χ1n) is 7.37. The third kappa shape index (κ3) is 2.88. The molecule has 0 aliphatic carbocycles. The number of fused-ring (bicyclic) bond motifs is 1. The smallest absolute Gasteiger partial charge is 0.123 e. The van der Waals surface area contributed by atoms with Gasteiger partial charge in [-0.3, -0.25) is 0 Å². The quantitative estimate of drug-likeness (QED) is 0.934. The first kappa shape index (κ1) is 14.0. The minimum absolute atomic E-state index is 0.220. The number of ether oxygens (including phenoxy) is 2. The van der Waals surface area contributed by atoms with Crippen LogP contribution >= 0.6 is 0 Å². The largest absolute Gasteiger partial charge is 0.494 e. The van der Waals surface area contributed by atoms with Gasteiger partial charge in [0.25, 0.3) is 0 Å². The molecule has 0 spiro atoms. The maximum Gasteiger partial charge on any atom is 0.123 e. The molecule has 3 heteroatoms. The number of hydrogen-bond donors (Lipinski definition) is 1. The molecule has 1 aliphatic rings. The van der Waals surface area contributed by atoms with E-state index in [4.69, 9.17) is 9.47 Å². The Bertz CT molecular complexity index is 619. The third-order valence-corrected chi connectivity index (χ3v) is 3.74. The van der Waals surface area contributed by atoms with Gasteiger partial charge in [-0.1, -0.05) is 18.2 Å². The highest BCUT2D eigenvalue weighted by Crippen LogP contribution is 2.33. The van der Waals surface area contributed by atoms with E-state index in [1.54, 1.807) is 0 Å². The van der Waals surface area contributed by atoms with E-state index in [1.165, 1.54) is 5.56 Å². The van der Waals surface area contributed by atoms with E-state index in [0.717, 1.165) is 29.0 Å². The van der Waals surface area contributed by atoms with Crippen molar-refractivity contribution in [3.05, 3.63) is 59.2 Å². The van der Waals surface area contributed by atoms with Crippen LogP contribution in [0.25, 0.3) is 0 Å². The van der Waals surface area contributed by atoms with Gasteiger partial charge in [0.1, 0.15) is 23.7 Å².